The summed E-state index contributed by atoms with van der Waals surface area (Å²) in [5.41, 5.74) is 2.56. The van der Waals surface area contributed by atoms with E-state index in [2.05, 4.69) is 44.5 Å². The molecule has 146 valence electrons. The highest BCUT2D eigenvalue weighted by molar-refractivity contribution is 5.96. The molecule has 0 aliphatic rings. The van der Waals surface area contributed by atoms with Crippen LogP contribution in [0.5, 0.6) is 5.75 Å². The zero-order chi connectivity index (χ0) is 20.5. The molecule has 0 fully saturated rings. The highest BCUT2D eigenvalue weighted by atomic mass is 16.5. The molecule has 30 heavy (non-hydrogen) atoms. The van der Waals surface area contributed by atoms with Gasteiger partial charge in [-0.3, -0.25) is 9.78 Å². The number of fused-ring (bicyclic) bond motifs is 2. The summed E-state index contributed by atoms with van der Waals surface area (Å²) in [5, 5.41) is 5.82. The molecule has 5 rings (SSSR count). The van der Waals surface area contributed by atoms with Crippen molar-refractivity contribution >= 4 is 33.4 Å². The molecule has 0 radical (unpaired) electrons. The number of hydrogen-bond donors (Lipinski definition) is 2. The zero-order valence-corrected chi connectivity index (χ0v) is 16.2. The van der Waals surface area contributed by atoms with Crippen LogP contribution in [0.25, 0.3) is 32.9 Å². The maximum atomic E-state index is 13.0. The van der Waals surface area contributed by atoms with E-state index in [1.165, 1.54) is 0 Å². The number of pyridine rings is 1. The lowest BCUT2D eigenvalue weighted by molar-refractivity contribution is 0.417. The van der Waals surface area contributed by atoms with Crippen molar-refractivity contribution in [2.45, 2.75) is 0 Å². The van der Waals surface area contributed by atoms with Gasteiger partial charge in [0, 0.05) is 6.20 Å². The number of methoxy groups -OCH3 is 1. The quantitative estimate of drug-likeness (QED) is 0.454. The van der Waals surface area contributed by atoms with Crippen LogP contribution in [0, 0.1) is 0 Å². The van der Waals surface area contributed by atoms with Gasteiger partial charge in [-0.25, -0.2) is 4.98 Å². The molecule has 0 unspecified atom stereocenters. The summed E-state index contributed by atoms with van der Waals surface area (Å²) in [6.07, 6.45) is 1.67. The number of ether oxygens (including phenoxy) is 1. The summed E-state index contributed by atoms with van der Waals surface area (Å²) < 4.78 is 5.35. The summed E-state index contributed by atoms with van der Waals surface area (Å²) in [6.45, 7) is 0. The SMILES string of the molecule is COc1ccccc1Nc1nc2nccc(-c3ccc4ccccc4c3)c2c(=O)[nH]1. The second-order valence-electron chi connectivity index (χ2n) is 6.86. The number of nitrogens with zero attached hydrogens (tertiary/aromatic N) is 2. The van der Waals surface area contributed by atoms with Crippen LogP contribution in [0.1, 0.15) is 0 Å². The normalized spacial score (nSPS) is 11.0. The molecule has 6 nitrogen and oxygen atoms in total. The van der Waals surface area contributed by atoms with Crippen LogP contribution in [0.4, 0.5) is 11.6 Å². The fourth-order valence-corrected chi connectivity index (χ4v) is 3.60. The first-order valence-electron chi connectivity index (χ1n) is 9.51. The third-order valence-corrected chi connectivity index (χ3v) is 5.03. The Labute approximate surface area is 172 Å². The Bertz CT molecular complexity index is 1440. The van der Waals surface area contributed by atoms with Gasteiger partial charge in [0.05, 0.1) is 18.2 Å². The van der Waals surface area contributed by atoms with E-state index in [9.17, 15) is 4.79 Å². The fraction of sp³-hybridized carbons (Fsp3) is 0.0417. The van der Waals surface area contributed by atoms with Gasteiger partial charge in [0.15, 0.2) is 5.65 Å². The first-order chi connectivity index (χ1) is 14.7. The second kappa shape index (κ2) is 7.33. The Hall–Kier alpha value is -4.19. The smallest absolute Gasteiger partial charge is 0.262 e. The summed E-state index contributed by atoms with van der Waals surface area (Å²) >= 11 is 0. The van der Waals surface area contributed by atoms with Crippen molar-refractivity contribution in [2.75, 3.05) is 12.4 Å². The van der Waals surface area contributed by atoms with Crippen molar-refractivity contribution in [3.63, 3.8) is 0 Å². The van der Waals surface area contributed by atoms with Gasteiger partial charge in [0.25, 0.3) is 5.56 Å². The van der Waals surface area contributed by atoms with Gasteiger partial charge in [0.1, 0.15) is 5.75 Å². The predicted molar refractivity (Wildman–Crippen MR) is 119 cm³/mol. The molecule has 0 saturated heterocycles. The topological polar surface area (TPSA) is 79.9 Å². The van der Waals surface area contributed by atoms with Gasteiger partial charge in [-0.15, -0.1) is 0 Å². The monoisotopic (exact) mass is 394 g/mol. The van der Waals surface area contributed by atoms with Crippen molar-refractivity contribution in [3.8, 4) is 16.9 Å². The van der Waals surface area contributed by atoms with Crippen LogP contribution in [-0.4, -0.2) is 22.1 Å². The van der Waals surface area contributed by atoms with Gasteiger partial charge in [-0.2, -0.15) is 4.98 Å². The highest BCUT2D eigenvalue weighted by Gasteiger charge is 2.13. The Morgan fingerprint density at radius 1 is 0.933 bits per heavy atom. The van der Waals surface area contributed by atoms with Crippen LogP contribution >= 0.6 is 0 Å². The van der Waals surface area contributed by atoms with Gasteiger partial charge in [-0.1, -0.05) is 48.5 Å². The summed E-state index contributed by atoms with van der Waals surface area (Å²) in [7, 11) is 1.59. The van der Waals surface area contributed by atoms with Gasteiger partial charge in [0.2, 0.25) is 5.95 Å². The number of nitrogens with one attached hydrogen (secondary N) is 2. The van der Waals surface area contributed by atoms with E-state index in [0.29, 0.717) is 28.4 Å². The maximum Gasteiger partial charge on any atom is 0.262 e. The predicted octanol–water partition coefficient (Wildman–Crippen LogP) is 4.89. The number of benzene rings is 3. The van der Waals surface area contributed by atoms with E-state index in [4.69, 9.17) is 4.74 Å². The molecule has 6 heteroatoms. The maximum absolute atomic E-state index is 13.0. The van der Waals surface area contributed by atoms with Gasteiger partial charge < -0.3 is 10.1 Å². The minimum atomic E-state index is -0.256. The number of H-pyrrole nitrogens is 1. The van der Waals surface area contributed by atoms with Crippen LogP contribution in [-0.2, 0) is 0 Å². The average Bonchev–Trinajstić information content (AvgIpc) is 2.78. The van der Waals surface area contributed by atoms with Gasteiger partial charge >= 0.3 is 0 Å². The van der Waals surface area contributed by atoms with Crippen LogP contribution in [0.15, 0.2) is 83.8 Å². The van der Waals surface area contributed by atoms with E-state index in [-0.39, 0.29) is 5.56 Å². The van der Waals surface area contributed by atoms with Crippen molar-refractivity contribution < 1.29 is 4.74 Å². The second-order valence-corrected chi connectivity index (χ2v) is 6.86. The van der Waals surface area contributed by atoms with Crippen LogP contribution in [0.3, 0.4) is 0 Å². The molecule has 5 aromatic rings. The molecular weight excluding hydrogens is 376 g/mol. The first kappa shape index (κ1) is 17.9. The van der Waals surface area contributed by atoms with Crippen LogP contribution < -0.4 is 15.6 Å². The van der Waals surface area contributed by atoms with E-state index in [1.54, 1.807) is 13.3 Å². The number of para-hydroxylation sites is 2. The van der Waals surface area contributed by atoms with E-state index >= 15 is 0 Å². The Morgan fingerprint density at radius 2 is 1.73 bits per heavy atom. The molecule has 0 aliphatic heterocycles. The molecule has 0 amide bonds. The zero-order valence-electron chi connectivity index (χ0n) is 16.2. The largest absolute Gasteiger partial charge is 0.495 e. The molecule has 0 atom stereocenters. The van der Waals surface area contributed by atoms with Crippen molar-refractivity contribution in [1.82, 2.24) is 15.0 Å². The molecule has 0 saturated carbocycles. The number of aromatic nitrogens is 3. The van der Waals surface area contributed by atoms with Crippen molar-refractivity contribution in [1.29, 1.82) is 0 Å². The first-order valence-corrected chi connectivity index (χ1v) is 9.51. The molecule has 2 heterocycles. The average molecular weight is 394 g/mol. The minimum absolute atomic E-state index is 0.256. The standard InChI is InChI=1S/C24H18N4O2/c1-30-20-9-5-4-8-19(20)26-24-27-22-21(23(29)28-24)18(12-13-25-22)17-11-10-15-6-2-3-7-16(15)14-17/h2-14H,1H3,(H2,25,26,27,28,29). The van der Waals surface area contributed by atoms with E-state index < -0.39 is 0 Å². The third kappa shape index (κ3) is 3.14. The number of aromatic amines is 1. The molecular formula is C24H18N4O2. The molecule has 0 aliphatic carbocycles. The third-order valence-electron chi connectivity index (χ3n) is 5.03. The summed E-state index contributed by atoms with van der Waals surface area (Å²) in [5.74, 6) is 0.957. The Balaban J connectivity index is 1.62. The molecule has 3 aromatic carbocycles. The fourth-order valence-electron chi connectivity index (χ4n) is 3.60. The minimum Gasteiger partial charge on any atom is -0.495 e. The molecule has 0 spiro atoms. The molecule has 2 aromatic heterocycles. The van der Waals surface area contributed by atoms with Gasteiger partial charge in [-0.05, 0) is 46.2 Å². The summed E-state index contributed by atoms with van der Waals surface area (Å²) in [6, 6.07) is 23.5. The highest BCUT2D eigenvalue weighted by Crippen LogP contribution is 2.29. The molecule has 2 N–H and O–H groups in total. The van der Waals surface area contributed by atoms with E-state index in [0.717, 1.165) is 21.9 Å². The van der Waals surface area contributed by atoms with Crippen molar-refractivity contribution in [3.05, 3.63) is 89.3 Å². The lowest BCUT2D eigenvalue weighted by atomic mass is 10.00. The summed E-state index contributed by atoms with van der Waals surface area (Å²) in [4.78, 5) is 24.7. The van der Waals surface area contributed by atoms with Crippen LogP contribution in [0.2, 0.25) is 0 Å². The number of rotatable bonds is 4. The van der Waals surface area contributed by atoms with E-state index in [1.807, 2.05) is 48.5 Å². The Kier molecular flexibility index (Phi) is 4.37. The number of hydrogen-bond acceptors (Lipinski definition) is 5. The molecule has 0 bridgehead atoms. The lowest BCUT2D eigenvalue weighted by Crippen LogP contribution is -2.13. The lowest BCUT2D eigenvalue weighted by Gasteiger charge is -2.11. The number of anilines is 2. The van der Waals surface area contributed by atoms with Crippen molar-refractivity contribution in [2.24, 2.45) is 0 Å². The Morgan fingerprint density at radius 3 is 2.60 bits per heavy atom.